The molecule has 0 unspecified atom stereocenters. The van der Waals surface area contributed by atoms with E-state index in [1.807, 2.05) is 0 Å². The molecule has 0 aromatic heterocycles. The van der Waals surface area contributed by atoms with E-state index in [1.165, 1.54) is 6.07 Å². The van der Waals surface area contributed by atoms with Crippen molar-refractivity contribution >= 4 is 11.7 Å². The van der Waals surface area contributed by atoms with E-state index in [2.05, 4.69) is 0 Å². The van der Waals surface area contributed by atoms with Crippen LogP contribution >= 0.6 is 0 Å². The van der Waals surface area contributed by atoms with Gasteiger partial charge in [0.1, 0.15) is 0 Å². The van der Waals surface area contributed by atoms with E-state index in [1.54, 1.807) is 12.1 Å². The molecule has 0 atom stereocenters. The molecule has 0 saturated heterocycles. The zero-order chi connectivity index (χ0) is 9.14. The van der Waals surface area contributed by atoms with Crippen molar-refractivity contribution in [3.63, 3.8) is 0 Å². The summed E-state index contributed by atoms with van der Waals surface area (Å²) in [6.07, 6.45) is 0. The number of nitrogen functional groups attached to an aromatic ring is 1. The van der Waals surface area contributed by atoms with Crippen LogP contribution in [0.5, 0.6) is 0 Å². The number of carbonyl (C=O) groups is 1. The van der Waals surface area contributed by atoms with Gasteiger partial charge in [-0.05, 0) is 17.7 Å². The summed E-state index contributed by atoms with van der Waals surface area (Å²) in [5, 5.41) is 8.71. The van der Waals surface area contributed by atoms with Gasteiger partial charge in [-0.25, -0.2) is 4.79 Å². The number of hydrogen-bond donors (Lipinski definition) is 3. The van der Waals surface area contributed by atoms with Crippen molar-refractivity contribution in [1.29, 1.82) is 0 Å². The maximum atomic E-state index is 10.6. The highest BCUT2D eigenvalue weighted by molar-refractivity contribution is 5.90. The molecule has 0 radical (unpaired) electrons. The van der Waals surface area contributed by atoms with Crippen LogP contribution in [0.15, 0.2) is 18.2 Å². The van der Waals surface area contributed by atoms with E-state index in [0.717, 1.165) is 0 Å². The standard InChI is InChI=1S/C8H10N2O2/c9-4-5-1-2-6(10)3-7(5)8(11)12/h1-3H,4,9-10H2,(H,11,12). The molecule has 1 aromatic rings. The molecule has 0 bridgehead atoms. The van der Waals surface area contributed by atoms with Gasteiger partial charge in [-0.1, -0.05) is 6.07 Å². The predicted octanol–water partition coefficient (Wildman–Crippen LogP) is 0.426. The lowest BCUT2D eigenvalue weighted by Gasteiger charge is -2.03. The lowest BCUT2D eigenvalue weighted by Crippen LogP contribution is -2.07. The Labute approximate surface area is 69.8 Å². The fraction of sp³-hybridized carbons (Fsp3) is 0.125. The average Bonchev–Trinajstić information content (AvgIpc) is 2.04. The highest BCUT2D eigenvalue weighted by atomic mass is 16.4. The van der Waals surface area contributed by atoms with E-state index >= 15 is 0 Å². The third-order valence-corrected chi connectivity index (χ3v) is 1.58. The van der Waals surface area contributed by atoms with Crippen molar-refractivity contribution in [3.05, 3.63) is 29.3 Å². The zero-order valence-electron chi connectivity index (χ0n) is 6.45. The summed E-state index contributed by atoms with van der Waals surface area (Å²) in [4.78, 5) is 10.6. The molecule has 0 heterocycles. The van der Waals surface area contributed by atoms with Gasteiger partial charge in [0.25, 0.3) is 0 Å². The van der Waals surface area contributed by atoms with Gasteiger partial charge in [-0.15, -0.1) is 0 Å². The van der Waals surface area contributed by atoms with Crippen LogP contribution in [0.3, 0.4) is 0 Å². The minimum Gasteiger partial charge on any atom is -0.478 e. The van der Waals surface area contributed by atoms with Crippen LogP contribution in [-0.4, -0.2) is 11.1 Å². The van der Waals surface area contributed by atoms with Crippen molar-refractivity contribution in [1.82, 2.24) is 0 Å². The molecular weight excluding hydrogens is 156 g/mol. The zero-order valence-corrected chi connectivity index (χ0v) is 6.45. The summed E-state index contributed by atoms with van der Waals surface area (Å²) in [5.74, 6) is -0.997. The quantitative estimate of drug-likeness (QED) is 0.555. The lowest BCUT2D eigenvalue weighted by molar-refractivity contribution is 0.0695. The summed E-state index contributed by atoms with van der Waals surface area (Å²) in [7, 11) is 0. The molecule has 0 aliphatic carbocycles. The summed E-state index contributed by atoms with van der Waals surface area (Å²) < 4.78 is 0. The predicted molar refractivity (Wildman–Crippen MR) is 45.7 cm³/mol. The van der Waals surface area contributed by atoms with Crippen molar-refractivity contribution in [2.45, 2.75) is 6.54 Å². The second kappa shape index (κ2) is 3.23. The van der Waals surface area contributed by atoms with Gasteiger partial charge >= 0.3 is 5.97 Å². The van der Waals surface area contributed by atoms with Gasteiger partial charge in [0.05, 0.1) is 5.56 Å². The molecule has 1 aromatic carbocycles. The number of carboxylic acids is 1. The first-order chi connectivity index (χ1) is 5.65. The Kier molecular flexibility index (Phi) is 2.30. The van der Waals surface area contributed by atoms with E-state index in [0.29, 0.717) is 11.3 Å². The smallest absolute Gasteiger partial charge is 0.336 e. The average molecular weight is 166 g/mol. The third-order valence-electron chi connectivity index (χ3n) is 1.58. The third kappa shape index (κ3) is 1.54. The molecular formula is C8H10N2O2. The molecule has 4 nitrogen and oxygen atoms in total. The lowest BCUT2D eigenvalue weighted by atomic mass is 10.1. The second-order valence-electron chi connectivity index (χ2n) is 2.43. The van der Waals surface area contributed by atoms with Crippen LogP contribution < -0.4 is 11.5 Å². The van der Waals surface area contributed by atoms with Gasteiger partial charge in [0.15, 0.2) is 0 Å². The number of rotatable bonds is 2. The number of anilines is 1. The number of benzene rings is 1. The Hall–Kier alpha value is -1.55. The molecule has 5 N–H and O–H groups in total. The fourth-order valence-corrected chi connectivity index (χ4v) is 0.971. The van der Waals surface area contributed by atoms with Crippen molar-refractivity contribution < 1.29 is 9.90 Å². The first kappa shape index (κ1) is 8.55. The molecule has 0 saturated carbocycles. The van der Waals surface area contributed by atoms with Gasteiger partial charge in [0.2, 0.25) is 0 Å². The van der Waals surface area contributed by atoms with Gasteiger partial charge < -0.3 is 16.6 Å². The monoisotopic (exact) mass is 166 g/mol. The Morgan fingerprint density at radius 2 is 2.17 bits per heavy atom. The van der Waals surface area contributed by atoms with E-state index in [4.69, 9.17) is 16.6 Å². The van der Waals surface area contributed by atoms with Gasteiger partial charge in [-0.2, -0.15) is 0 Å². The van der Waals surface area contributed by atoms with Gasteiger partial charge in [0, 0.05) is 12.2 Å². The molecule has 1 rings (SSSR count). The maximum absolute atomic E-state index is 10.6. The van der Waals surface area contributed by atoms with Crippen LogP contribution in [-0.2, 0) is 6.54 Å². The van der Waals surface area contributed by atoms with E-state index in [-0.39, 0.29) is 12.1 Å². The minimum atomic E-state index is -0.997. The number of nitrogens with two attached hydrogens (primary N) is 2. The molecule has 12 heavy (non-hydrogen) atoms. The van der Waals surface area contributed by atoms with E-state index < -0.39 is 5.97 Å². The van der Waals surface area contributed by atoms with Gasteiger partial charge in [-0.3, -0.25) is 0 Å². The normalized spacial score (nSPS) is 9.75. The molecule has 0 aliphatic rings. The molecule has 0 spiro atoms. The number of aromatic carboxylic acids is 1. The second-order valence-corrected chi connectivity index (χ2v) is 2.43. The first-order valence-corrected chi connectivity index (χ1v) is 3.47. The highest BCUT2D eigenvalue weighted by Crippen LogP contribution is 2.12. The first-order valence-electron chi connectivity index (χ1n) is 3.47. The Morgan fingerprint density at radius 3 is 2.67 bits per heavy atom. The Bertz CT molecular complexity index is 310. The summed E-state index contributed by atoms with van der Waals surface area (Å²) >= 11 is 0. The summed E-state index contributed by atoms with van der Waals surface area (Å²) in [6, 6.07) is 4.66. The van der Waals surface area contributed by atoms with E-state index in [9.17, 15) is 4.79 Å². The largest absolute Gasteiger partial charge is 0.478 e. The summed E-state index contributed by atoms with van der Waals surface area (Å²) in [6.45, 7) is 0.210. The molecule has 4 heteroatoms. The van der Waals surface area contributed by atoms with Crippen molar-refractivity contribution in [3.8, 4) is 0 Å². The minimum absolute atomic E-state index is 0.178. The number of carboxylic acid groups (broad SMARTS) is 1. The highest BCUT2D eigenvalue weighted by Gasteiger charge is 2.08. The molecule has 64 valence electrons. The van der Waals surface area contributed by atoms with Crippen LogP contribution in [0.25, 0.3) is 0 Å². The molecule has 0 amide bonds. The molecule has 0 fully saturated rings. The SMILES string of the molecule is NCc1ccc(N)cc1C(=O)O. The topological polar surface area (TPSA) is 89.3 Å². The molecule has 0 aliphatic heterocycles. The fourth-order valence-electron chi connectivity index (χ4n) is 0.971. The van der Waals surface area contributed by atoms with Crippen LogP contribution in [0.4, 0.5) is 5.69 Å². The van der Waals surface area contributed by atoms with Crippen molar-refractivity contribution in [2.75, 3.05) is 5.73 Å². The van der Waals surface area contributed by atoms with Crippen LogP contribution in [0.2, 0.25) is 0 Å². The Balaban J connectivity index is 3.21. The Morgan fingerprint density at radius 1 is 1.50 bits per heavy atom. The van der Waals surface area contributed by atoms with Crippen LogP contribution in [0.1, 0.15) is 15.9 Å². The van der Waals surface area contributed by atoms with Crippen LogP contribution in [0, 0.1) is 0 Å². The maximum Gasteiger partial charge on any atom is 0.336 e. The van der Waals surface area contributed by atoms with Crippen molar-refractivity contribution in [2.24, 2.45) is 5.73 Å². The summed E-state index contributed by atoms with van der Waals surface area (Å²) in [5.41, 5.74) is 12.0. The number of hydrogen-bond acceptors (Lipinski definition) is 3.